The van der Waals surface area contributed by atoms with Gasteiger partial charge in [0.05, 0.1) is 6.54 Å². The van der Waals surface area contributed by atoms with Gasteiger partial charge >= 0.3 is 0 Å². The van der Waals surface area contributed by atoms with Crippen LogP contribution in [0.4, 0.5) is 0 Å². The Morgan fingerprint density at radius 2 is 2.36 bits per heavy atom. The van der Waals surface area contributed by atoms with Crippen LogP contribution in [0.3, 0.4) is 0 Å². The van der Waals surface area contributed by atoms with Gasteiger partial charge in [0.25, 0.3) is 5.91 Å². The van der Waals surface area contributed by atoms with E-state index in [1.54, 1.807) is 11.8 Å². The summed E-state index contributed by atoms with van der Waals surface area (Å²) >= 11 is 0. The van der Waals surface area contributed by atoms with Crippen molar-refractivity contribution >= 4 is 5.91 Å². The van der Waals surface area contributed by atoms with Crippen LogP contribution < -0.4 is 0 Å². The van der Waals surface area contributed by atoms with E-state index in [1.807, 2.05) is 0 Å². The highest BCUT2D eigenvalue weighted by Crippen LogP contribution is 2.29. The zero-order chi connectivity index (χ0) is 10.6. The summed E-state index contributed by atoms with van der Waals surface area (Å²) in [5, 5.41) is 0. The summed E-state index contributed by atoms with van der Waals surface area (Å²) in [5.41, 5.74) is 0. The largest absolute Gasteiger partial charge is 0.372 e. The van der Waals surface area contributed by atoms with E-state index in [9.17, 15) is 4.79 Å². The first-order valence-corrected chi connectivity index (χ1v) is 4.94. The molecule has 0 aromatic heterocycles. The summed E-state index contributed by atoms with van der Waals surface area (Å²) in [6, 6.07) is 0. The normalized spacial score (nSPS) is 17.2. The van der Waals surface area contributed by atoms with E-state index in [-0.39, 0.29) is 12.0 Å². The Hall–Kier alpha value is -1.01. The van der Waals surface area contributed by atoms with Gasteiger partial charge in [0.15, 0.2) is 0 Å². The van der Waals surface area contributed by atoms with Gasteiger partial charge in [0.2, 0.25) is 0 Å². The molecule has 1 atom stereocenters. The number of carbonyl (C=O) groups is 1. The highest BCUT2D eigenvalue weighted by molar-refractivity contribution is 5.80. The van der Waals surface area contributed by atoms with Crippen molar-refractivity contribution in [2.24, 2.45) is 5.92 Å². The van der Waals surface area contributed by atoms with E-state index in [0.29, 0.717) is 12.5 Å². The summed E-state index contributed by atoms with van der Waals surface area (Å²) in [7, 11) is 1.54. The Labute approximate surface area is 85.4 Å². The third kappa shape index (κ3) is 3.04. The summed E-state index contributed by atoms with van der Waals surface area (Å²) in [6.07, 6.45) is 7.27. The maximum atomic E-state index is 11.7. The topological polar surface area (TPSA) is 29.5 Å². The van der Waals surface area contributed by atoms with Crippen molar-refractivity contribution in [1.29, 1.82) is 0 Å². The molecule has 0 aromatic rings. The molecule has 78 valence electrons. The van der Waals surface area contributed by atoms with Crippen molar-refractivity contribution in [3.63, 3.8) is 0 Å². The summed E-state index contributed by atoms with van der Waals surface area (Å²) < 4.78 is 4.98. The van der Waals surface area contributed by atoms with E-state index in [0.717, 1.165) is 6.54 Å². The van der Waals surface area contributed by atoms with E-state index >= 15 is 0 Å². The zero-order valence-electron chi connectivity index (χ0n) is 8.82. The Balaban J connectivity index is 2.47. The molecular formula is C11H17NO2. The standard InChI is InChI=1S/C11H17NO2/c1-4-7-12(8-10-5-6-10)11(13)9(2)14-3/h1,9-10H,5-8H2,2-3H3. The van der Waals surface area contributed by atoms with Gasteiger partial charge in [0, 0.05) is 13.7 Å². The third-order valence-corrected chi connectivity index (χ3v) is 2.47. The highest BCUT2D eigenvalue weighted by atomic mass is 16.5. The number of terminal acetylenes is 1. The second-order valence-corrected chi connectivity index (χ2v) is 3.74. The fourth-order valence-electron chi connectivity index (χ4n) is 1.31. The fraction of sp³-hybridized carbons (Fsp3) is 0.727. The Kier molecular flexibility index (Phi) is 3.97. The molecule has 3 nitrogen and oxygen atoms in total. The Morgan fingerprint density at radius 3 is 2.79 bits per heavy atom. The molecule has 0 N–H and O–H groups in total. The van der Waals surface area contributed by atoms with Gasteiger partial charge < -0.3 is 9.64 Å². The number of amides is 1. The maximum Gasteiger partial charge on any atom is 0.252 e. The van der Waals surface area contributed by atoms with Crippen molar-refractivity contribution in [1.82, 2.24) is 4.90 Å². The molecule has 1 aliphatic rings. The minimum absolute atomic E-state index is 0.00245. The minimum atomic E-state index is -0.387. The van der Waals surface area contributed by atoms with Gasteiger partial charge in [-0.3, -0.25) is 4.79 Å². The molecule has 1 fully saturated rings. The summed E-state index contributed by atoms with van der Waals surface area (Å²) in [6.45, 7) is 2.93. The lowest BCUT2D eigenvalue weighted by atomic mass is 10.3. The lowest BCUT2D eigenvalue weighted by Crippen LogP contribution is -2.40. The van der Waals surface area contributed by atoms with E-state index in [1.165, 1.54) is 20.0 Å². The van der Waals surface area contributed by atoms with Crippen LogP contribution in [0.25, 0.3) is 0 Å². The molecule has 0 spiro atoms. The fourth-order valence-corrected chi connectivity index (χ4v) is 1.31. The molecule has 3 heteroatoms. The van der Waals surface area contributed by atoms with Crippen molar-refractivity contribution in [3.8, 4) is 12.3 Å². The Bertz CT molecular complexity index is 240. The van der Waals surface area contributed by atoms with Crippen molar-refractivity contribution in [3.05, 3.63) is 0 Å². The van der Waals surface area contributed by atoms with Gasteiger partial charge in [-0.15, -0.1) is 6.42 Å². The van der Waals surface area contributed by atoms with E-state index < -0.39 is 0 Å². The minimum Gasteiger partial charge on any atom is -0.372 e. The molecule has 1 amide bonds. The maximum absolute atomic E-state index is 11.7. The van der Waals surface area contributed by atoms with E-state index in [4.69, 9.17) is 11.2 Å². The van der Waals surface area contributed by atoms with Crippen LogP contribution in [0.1, 0.15) is 19.8 Å². The molecule has 0 aromatic carbocycles. The van der Waals surface area contributed by atoms with Crippen LogP contribution in [0, 0.1) is 18.3 Å². The van der Waals surface area contributed by atoms with Crippen molar-refractivity contribution < 1.29 is 9.53 Å². The second-order valence-electron chi connectivity index (χ2n) is 3.74. The number of ether oxygens (including phenoxy) is 1. The van der Waals surface area contributed by atoms with Crippen LogP contribution in [-0.2, 0) is 9.53 Å². The number of hydrogen-bond acceptors (Lipinski definition) is 2. The number of rotatable bonds is 5. The first-order valence-electron chi connectivity index (χ1n) is 4.94. The van der Waals surface area contributed by atoms with Crippen LogP contribution >= 0.6 is 0 Å². The predicted octanol–water partition coefficient (Wildman–Crippen LogP) is 0.893. The molecule has 0 saturated heterocycles. The van der Waals surface area contributed by atoms with Crippen LogP contribution in [0.2, 0.25) is 0 Å². The molecule has 1 saturated carbocycles. The highest BCUT2D eigenvalue weighted by Gasteiger charge is 2.28. The summed E-state index contributed by atoms with van der Waals surface area (Å²) in [5.74, 6) is 3.17. The molecular weight excluding hydrogens is 178 g/mol. The van der Waals surface area contributed by atoms with Gasteiger partial charge in [-0.2, -0.15) is 0 Å². The average Bonchev–Trinajstić information content (AvgIpc) is 2.98. The molecule has 1 rings (SSSR count). The Morgan fingerprint density at radius 1 is 1.71 bits per heavy atom. The molecule has 0 heterocycles. The third-order valence-electron chi connectivity index (χ3n) is 2.47. The van der Waals surface area contributed by atoms with Crippen molar-refractivity contribution in [2.45, 2.75) is 25.9 Å². The first-order chi connectivity index (χ1) is 6.69. The number of carbonyl (C=O) groups excluding carboxylic acids is 1. The molecule has 0 aliphatic heterocycles. The second kappa shape index (κ2) is 5.02. The van der Waals surface area contributed by atoms with Crippen LogP contribution in [0.5, 0.6) is 0 Å². The molecule has 1 unspecified atom stereocenters. The SMILES string of the molecule is C#CCN(CC1CC1)C(=O)C(C)OC. The van der Waals surface area contributed by atoms with Crippen LogP contribution in [-0.4, -0.2) is 37.1 Å². The quantitative estimate of drug-likeness (QED) is 0.610. The molecule has 0 radical (unpaired) electrons. The first kappa shape index (κ1) is 11.1. The number of nitrogens with zero attached hydrogens (tertiary/aromatic N) is 1. The van der Waals surface area contributed by atoms with Crippen LogP contribution in [0.15, 0.2) is 0 Å². The lowest BCUT2D eigenvalue weighted by Gasteiger charge is -2.22. The zero-order valence-corrected chi connectivity index (χ0v) is 8.82. The molecule has 14 heavy (non-hydrogen) atoms. The van der Waals surface area contributed by atoms with Gasteiger partial charge in [-0.05, 0) is 25.7 Å². The van der Waals surface area contributed by atoms with E-state index in [2.05, 4.69) is 5.92 Å². The summed E-state index contributed by atoms with van der Waals surface area (Å²) in [4.78, 5) is 13.4. The van der Waals surface area contributed by atoms with Gasteiger partial charge in [0.1, 0.15) is 6.10 Å². The smallest absolute Gasteiger partial charge is 0.252 e. The lowest BCUT2D eigenvalue weighted by molar-refractivity contribution is -0.140. The van der Waals surface area contributed by atoms with Gasteiger partial charge in [-0.25, -0.2) is 0 Å². The number of hydrogen-bond donors (Lipinski definition) is 0. The number of methoxy groups -OCH3 is 1. The predicted molar refractivity (Wildman–Crippen MR) is 54.6 cm³/mol. The monoisotopic (exact) mass is 195 g/mol. The van der Waals surface area contributed by atoms with Crippen molar-refractivity contribution in [2.75, 3.05) is 20.2 Å². The molecule has 1 aliphatic carbocycles. The average molecular weight is 195 g/mol. The van der Waals surface area contributed by atoms with Gasteiger partial charge in [-0.1, -0.05) is 5.92 Å². The molecule has 0 bridgehead atoms.